The van der Waals surface area contributed by atoms with E-state index < -0.39 is 5.92 Å². The summed E-state index contributed by atoms with van der Waals surface area (Å²) in [6.07, 6.45) is 6.26. The highest BCUT2D eigenvalue weighted by atomic mass is 16.5. The largest absolute Gasteiger partial charge is 0.493 e. The highest BCUT2D eigenvalue weighted by Crippen LogP contribution is 2.42. The smallest absolute Gasteiger partial charge is 0.261 e. The molecular weight excluding hydrogens is 817 g/mol. The Morgan fingerprint density at radius 3 is 2.15 bits per heavy atom. The van der Waals surface area contributed by atoms with E-state index in [0.29, 0.717) is 59.0 Å². The summed E-state index contributed by atoms with van der Waals surface area (Å²) in [6.45, 7) is 10.3. The van der Waals surface area contributed by atoms with E-state index in [9.17, 15) is 19.2 Å². The van der Waals surface area contributed by atoms with Gasteiger partial charge in [-0.15, -0.1) is 0 Å². The molecule has 65 heavy (non-hydrogen) atoms. The summed E-state index contributed by atoms with van der Waals surface area (Å²) >= 11 is 0. The molecule has 9 rings (SSSR count). The first-order valence-corrected chi connectivity index (χ1v) is 22.7. The zero-order valence-electron chi connectivity index (χ0n) is 38.0. The van der Waals surface area contributed by atoms with Crippen molar-refractivity contribution in [3.05, 3.63) is 136 Å². The fourth-order valence-corrected chi connectivity index (χ4v) is 9.54. The number of aryl methyl sites for hydroxylation is 2. The highest BCUT2D eigenvalue weighted by molar-refractivity contribution is 6.14. The quantitative estimate of drug-likeness (QED) is 0.125. The number of methoxy groups -OCH3 is 1. The molecule has 0 spiro atoms. The average molecular weight is 873 g/mol. The molecule has 3 amide bonds. The second kappa shape index (κ2) is 17.7. The summed E-state index contributed by atoms with van der Waals surface area (Å²) in [5.74, 6) is 0.682. The minimum Gasteiger partial charge on any atom is -0.493 e. The molecule has 1 N–H and O–H groups in total. The molecule has 4 heterocycles. The number of nitrogens with one attached hydrogen (secondary N) is 1. The van der Waals surface area contributed by atoms with Crippen LogP contribution in [0.5, 0.6) is 17.2 Å². The van der Waals surface area contributed by atoms with Crippen molar-refractivity contribution in [1.29, 1.82) is 0 Å². The molecule has 0 fully saturated rings. The van der Waals surface area contributed by atoms with Crippen LogP contribution in [0.1, 0.15) is 107 Å². The number of aliphatic imine (C=N–C) groups is 1. The molecule has 4 aliphatic rings. The first-order chi connectivity index (χ1) is 31.2. The van der Waals surface area contributed by atoms with E-state index in [4.69, 9.17) is 19.2 Å². The Morgan fingerprint density at radius 1 is 0.785 bits per heavy atom. The van der Waals surface area contributed by atoms with Crippen molar-refractivity contribution in [2.24, 2.45) is 16.3 Å². The minimum absolute atomic E-state index is 0.0257. The molecule has 11 nitrogen and oxygen atoms in total. The van der Waals surface area contributed by atoms with Gasteiger partial charge in [-0.1, -0.05) is 64.1 Å². The molecule has 5 aromatic rings. The normalized spacial score (nSPS) is 17.4. The summed E-state index contributed by atoms with van der Waals surface area (Å²) < 4.78 is 18.8. The van der Waals surface area contributed by atoms with Gasteiger partial charge in [0.25, 0.3) is 11.8 Å². The lowest BCUT2D eigenvalue weighted by atomic mass is 9.88. The number of ketones is 1. The molecule has 0 bridgehead atoms. The Morgan fingerprint density at radius 2 is 1.45 bits per heavy atom. The van der Waals surface area contributed by atoms with E-state index in [1.807, 2.05) is 95.7 Å². The summed E-state index contributed by atoms with van der Waals surface area (Å²) in [5.41, 5.74) is 9.65. The number of rotatable bonds is 13. The number of nitrogens with zero attached hydrogens (tertiary/aromatic N) is 3. The van der Waals surface area contributed by atoms with Gasteiger partial charge in [-0.2, -0.15) is 0 Å². The summed E-state index contributed by atoms with van der Waals surface area (Å²) in [5, 5.41) is 3.06. The van der Waals surface area contributed by atoms with Crippen molar-refractivity contribution in [3.8, 4) is 17.2 Å². The molecule has 3 atom stereocenters. The van der Waals surface area contributed by atoms with E-state index in [1.54, 1.807) is 20.1 Å². The van der Waals surface area contributed by atoms with Crippen LogP contribution in [0.15, 0.2) is 96.0 Å². The Hall–Kier alpha value is -6.75. The maximum absolute atomic E-state index is 14.1. The van der Waals surface area contributed by atoms with Crippen LogP contribution in [0.4, 0.5) is 22.7 Å². The Kier molecular flexibility index (Phi) is 11.8. The van der Waals surface area contributed by atoms with Crippen LogP contribution in [0.25, 0.3) is 0 Å². The maximum atomic E-state index is 14.1. The van der Waals surface area contributed by atoms with Crippen LogP contribution < -0.4 is 29.3 Å². The molecule has 334 valence electrons. The molecule has 0 unspecified atom stereocenters. The van der Waals surface area contributed by atoms with Crippen molar-refractivity contribution in [3.63, 3.8) is 0 Å². The van der Waals surface area contributed by atoms with E-state index in [0.717, 1.165) is 58.5 Å². The van der Waals surface area contributed by atoms with Gasteiger partial charge in [-0.3, -0.25) is 29.1 Å². The van der Waals surface area contributed by atoms with Crippen LogP contribution in [0.3, 0.4) is 0 Å². The number of ether oxygens (including phenoxy) is 3. The molecule has 0 saturated heterocycles. The fourth-order valence-electron chi connectivity index (χ4n) is 9.54. The molecule has 0 aromatic heterocycles. The van der Waals surface area contributed by atoms with Crippen LogP contribution >= 0.6 is 0 Å². The third-order valence-corrected chi connectivity index (χ3v) is 13.0. The number of hydrogen-bond acceptors (Lipinski definition) is 8. The SMILES string of the molecule is COc1cc2c(cc1OCc1cc(COc3cc4c(cc3C)C(=O)N3c5ccccc5C[C@H]3C=N4)cc(NC(=O)[C@H](C)CC(=O)CCC(C)(C)C)c1)CC[C@@H]1Cc3ccccc3N1C2=O. The summed E-state index contributed by atoms with van der Waals surface area (Å²) in [4.78, 5) is 63.1. The number of para-hydroxylation sites is 2. The topological polar surface area (TPSA) is 127 Å². The number of Topliss-reactive ketones (excluding diaryl/α,β-unsaturated/α-hetero) is 1. The number of benzene rings is 5. The second-order valence-corrected chi connectivity index (χ2v) is 19.2. The third kappa shape index (κ3) is 9.01. The van der Waals surface area contributed by atoms with Gasteiger partial charge in [0.05, 0.1) is 24.4 Å². The highest BCUT2D eigenvalue weighted by Gasteiger charge is 2.38. The molecule has 0 saturated carbocycles. The Bertz CT molecular complexity index is 2750. The lowest BCUT2D eigenvalue weighted by Crippen LogP contribution is -2.37. The zero-order valence-corrected chi connectivity index (χ0v) is 38.0. The van der Waals surface area contributed by atoms with Gasteiger partial charge in [0, 0.05) is 66.1 Å². The number of hydrogen-bond donors (Lipinski definition) is 1. The van der Waals surface area contributed by atoms with Crippen molar-refractivity contribution in [2.45, 2.75) is 105 Å². The molecule has 0 aliphatic carbocycles. The zero-order chi connectivity index (χ0) is 45.6. The van der Waals surface area contributed by atoms with Crippen molar-refractivity contribution in [2.75, 3.05) is 22.2 Å². The van der Waals surface area contributed by atoms with Gasteiger partial charge in [0.1, 0.15) is 24.7 Å². The summed E-state index contributed by atoms with van der Waals surface area (Å²) in [7, 11) is 1.57. The van der Waals surface area contributed by atoms with Gasteiger partial charge in [-0.05, 0) is 120 Å². The van der Waals surface area contributed by atoms with Gasteiger partial charge in [0.15, 0.2) is 11.5 Å². The van der Waals surface area contributed by atoms with Crippen molar-refractivity contribution < 1.29 is 33.4 Å². The number of anilines is 3. The van der Waals surface area contributed by atoms with Crippen molar-refractivity contribution >= 4 is 52.5 Å². The Balaban J connectivity index is 0.957. The van der Waals surface area contributed by atoms with Crippen LogP contribution in [0, 0.1) is 18.3 Å². The number of carbonyl (C=O) groups is 4. The van der Waals surface area contributed by atoms with Gasteiger partial charge >= 0.3 is 0 Å². The third-order valence-electron chi connectivity index (χ3n) is 13.0. The van der Waals surface area contributed by atoms with E-state index >= 15 is 0 Å². The predicted molar refractivity (Wildman–Crippen MR) is 253 cm³/mol. The predicted octanol–water partition coefficient (Wildman–Crippen LogP) is 10.3. The lowest BCUT2D eigenvalue weighted by molar-refractivity contribution is -0.126. The van der Waals surface area contributed by atoms with Crippen LogP contribution in [-0.4, -0.2) is 48.9 Å². The molecule has 11 heteroatoms. The first kappa shape index (κ1) is 43.5. The Labute approximate surface area is 380 Å². The van der Waals surface area contributed by atoms with Gasteiger partial charge in [-0.25, -0.2) is 0 Å². The maximum Gasteiger partial charge on any atom is 0.261 e. The van der Waals surface area contributed by atoms with Crippen molar-refractivity contribution in [1.82, 2.24) is 0 Å². The number of amides is 3. The lowest BCUT2D eigenvalue weighted by Gasteiger charge is -2.23. The van der Waals surface area contributed by atoms with Gasteiger partial charge < -0.3 is 24.4 Å². The second-order valence-electron chi connectivity index (χ2n) is 19.2. The monoisotopic (exact) mass is 872 g/mol. The van der Waals surface area contributed by atoms with E-state index in [2.05, 4.69) is 38.2 Å². The fraction of sp³-hybridized carbons (Fsp3) is 0.352. The molecule has 0 radical (unpaired) electrons. The first-order valence-electron chi connectivity index (χ1n) is 22.7. The average Bonchev–Trinajstić information content (AvgIpc) is 3.78. The number of carbonyl (C=O) groups excluding carboxylic acids is 4. The van der Waals surface area contributed by atoms with E-state index in [-0.39, 0.29) is 60.6 Å². The van der Waals surface area contributed by atoms with E-state index in [1.165, 1.54) is 5.56 Å². The summed E-state index contributed by atoms with van der Waals surface area (Å²) in [6, 6.07) is 29.1. The number of fused-ring (bicyclic) bond motifs is 8. The molecule has 5 aromatic carbocycles. The standard InChI is InChI=1S/C54H56N4O7/c1-32-20-44-45(55-29-41-25-38-12-8-10-14-47(38)58(41)53(44)62)28-48(32)64-30-34-21-35(23-39(22-34)56-51(60)33(2)19-42(59)17-18-54(3,4)5)31-65-50-26-36-15-16-40-24-37-11-7-9-13-46(37)57(40)52(61)43(36)27-49(50)63-6/h7-14,20-23,26-29,33,40-41H,15-19,24-25,30-31H2,1-6H3,(H,56,60)/t33-,40-,41+/m1/s1. The molecular formula is C54H56N4O7. The van der Waals surface area contributed by atoms with Crippen LogP contribution in [0.2, 0.25) is 0 Å². The van der Waals surface area contributed by atoms with Crippen LogP contribution in [-0.2, 0) is 42.1 Å². The van der Waals surface area contributed by atoms with Gasteiger partial charge in [0.2, 0.25) is 5.91 Å². The minimum atomic E-state index is -0.534. The molecule has 4 aliphatic heterocycles.